The van der Waals surface area contributed by atoms with Crippen LogP contribution in [-0.2, 0) is 0 Å². The molecule has 4 heteroatoms. The summed E-state index contributed by atoms with van der Waals surface area (Å²) < 4.78 is 11.2. The van der Waals surface area contributed by atoms with E-state index in [2.05, 4.69) is 0 Å². The molecule has 0 amide bonds. The summed E-state index contributed by atoms with van der Waals surface area (Å²) in [6, 6.07) is 14.6. The van der Waals surface area contributed by atoms with Crippen molar-refractivity contribution >= 4 is 11.9 Å². The molecule has 0 bridgehead atoms. The van der Waals surface area contributed by atoms with Crippen LogP contribution >= 0.6 is 0 Å². The van der Waals surface area contributed by atoms with Crippen LogP contribution in [0.15, 0.2) is 48.5 Å². The Morgan fingerprint density at radius 1 is 0.947 bits per heavy atom. The quantitative estimate of drug-likeness (QED) is 0.366. The number of rotatable bonds is 4. The Hall–Kier alpha value is -2.49. The van der Waals surface area contributed by atoms with Gasteiger partial charge in [0.25, 0.3) is 5.69 Å². The van der Waals surface area contributed by atoms with Gasteiger partial charge in [-0.25, -0.2) is 0 Å². The van der Waals surface area contributed by atoms with Gasteiger partial charge >= 0.3 is 0 Å². The van der Waals surface area contributed by atoms with E-state index in [1.54, 1.807) is 18.2 Å². The molecular formula is C15H15NO3. The molecule has 0 unspecified atom stereocenters. The van der Waals surface area contributed by atoms with Crippen LogP contribution in [0.25, 0.3) is 0 Å². The molecule has 0 aliphatic heterocycles. The summed E-state index contributed by atoms with van der Waals surface area (Å²) in [4.78, 5) is 0. The van der Waals surface area contributed by atoms with Crippen molar-refractivity contribution in [3.05, 3.63) is 59.3 Å². The van der Waals surface area contributed by atoms with Gasteiger partial charge in [0.15, 0.2) is 12.0 Å². The van der Waals surface area contributed by atoms with Crippen LogP contribution in [0.3, 0.4) is 0 Å². The smallest absolute Gasteiger partial charge is 0.262 e. The van der Waals surface area contributed by atoms with E-state index in [0.29, 0.717) is 17.2 Å². The predicted molar refractivity (Wildman–Crippen MR) is 74.4 cm³/mol. The molecule has 0 spiro atoms. The highest BCUT2D eigenvalue weighted by atomic mass is 16.5. The zero-order valence-corrected chi connectivity index (χ0v) is 10.9. The summed E-state index contributed by atoms with van der Waals surface area (Å²) in [6.45, 7) is 0. The molecule has 98 valence electrons. The fourth-order valence-electron chi connectivity index (χ4n) is 1.79. The number of benzene rings is 2. The first-order valence-corrected chi connectivity index (χ1v) is 5.83. The topological polar surface area (TPSA) is 44.5 Å². The molecule has 0 aromatic heterocycles. The summed E-state index contributed by atoms with van der Waals surface area (Å²) in [6.07, 6.45) is 1.50. The SMILES string of the molecule is COc1cccc([N+]([O-])=Cc2ccccc2)c1OC. The molecule has 0 saturated heterocycles. The highest BCUT2D eigenvalue weighted by molar-refractivity contribution is 5.77. The van der Waals surface area contributed by atoms with Gasteiger partial charge in [0.2, 0.25) is 5.75 Å². The second-order valence-corrected chi connectivity index (χ2v) is 3.88. The first-order valence-electron chi connectivity index (χ1n) is 5.83. The van der Waals surface area contributed by atoms with E-state index in [1.807, 2.05) is 30.3 Å². The van der Waals surface area contributed by atoms with E-state index in [-0.39, 0.29) is 0 Å². The summed E-state index contributed by atoms with van der Waals surface area (Å²) in [5, 5.41) is 12.2. The number of para-hydroxylation sites is 1. The number of hydrogen-bond donors (Lipinski definition) is 0. The van der Waals surface area contributed by atoms with Gasteiger partial charge in [-0.15, -0.1) is 0 Å². The molecule has 2 rings (SSSR count). The van der Waals surface area contributed by atoms with Crippen LogP contribution in [0.4, 0.5) is 5.69 Å². The maximum absolute atomic E-state index is 12.2. The zero-order valence-electron chi connectivity index (χ0n) is 10.9. The first-order chi connectivity index (χ1) is 9.26. The van der Waals surface area contributed by atoms with Crippen molar-refractivity contribution in [3.63, 3.8) is 0 Å². The van der Waals surface area contributed by atoms with Crippen molar-refractivity contribution in [3.8, 4) is 11.5 Å². The Morgan fingerprint density at radius 3 is 2.32 bits per heavy atom. The third-order valence-corrected chi connectivity index (χ3v) is 2.69. The normalized spacial score (nSPS) is 11.2. The Labute approximate surface area is 112 Å². The average molecular weight is 257 g/mol. The van der Waals surface area contributed by atoms with Crippen LogP contribution in [0, 0.1) is 5.21 Å². The Bertz CT molecular complexity index is 579. The van der Waals surface area contributed by atoms with Crippen molar-refractivity contribution < 1.29 is 14.2 Å². The van der Waals surface area contributed by atoms with E-state index in [4.69, 9.17) is 9.47 Å². The van der Waals surface area contributed by atoms with Crippen molar-refractivity contribution in [1.82, 2.24) is 0 Å². The molecule has 0 fully saturated rings. The Kier molecular flexibility index (Phi) is 4.03. The standard InChI is InChI=1S/C15H15NO3/c1-18-14-10-6-9-13(15(14)19-2)16(17)11-12-7-4-3-5-8-12/h3-11H,1-2H3. The number of ether oxygens (including phenoxy) is 2. The van der Waals surface area contributed by atoms with E-state index in [1.165, 1.54) is 20.4 Å². The van der Waals surface area contributed by atoms with Crippen molar-refractivity contribution in [2.45, 2.75) is 0 Å². The fourth-order valence-corrected chi connectivity index (χ4v) is 1.79. The summed E-state index contributed by atoms with van der Waals surface area (Å²) >= 11 is 0. The van der Waals surface area contributed by atoms with Crippen molar-refractivity contribution in [1.29, 1.82) is 0 Å². The second-order valence-electron chi connectivity index (χ2n) is 3.88. The molecule has 0 radical (unpaired) electrons. The molecule has 0 saturated carbocycles. The summed E-state index contributed by atoms with van der Waals surface area (Å²) in [5.74, 6) is 0.953. The lowest BCUT2D eigenvalue weighted by Gasteiger charge is -2.11. The largest absolute Gasteiger partial charge is 0.618 e. The number of nitrogens with zero attached hydrogens (tertiary/aromatic N) is 1. The van der Waals surface area contributed by atoms with E-state index in [0.717, 1.165) is 10.3 Å². The molecule has 0 atom stereocenters. The average Bonchev–Trinajstić information content (AvgIpc) is 2.47. The predicted octanol–water partition coefficient (Wildman–Crippen LogP) is 2.96. The van der Waals surface area contributed by atoms with Crippen molar-refractivity contribution in [2.75, 3.05) is 14.2 Å². The minimum Gasteiger partial charge on any atom is -0.618 e. The van der Waals surface area contributed by atoms with Gasteiger partial charge in [0, 0.05) is 11.6 Å². The number of hydrogen-bond acceptors (Lipinski definition) is 3. The van der Waals surface area contributed by atoms with Gasteiger partial charge in [-0.2, -0.15) is 4.74 Å². The van der Waals surface area contributed by atoms with Crippen LogP contribution in [-0.4, -0.2) is 25.2 Å². The van der Waals surface area contributed by atoms with Crippen LogP contribution in [0.5, 0.6) is 11.5 Å². The molecule has 0 aliphatic carbocycles. The van der Waals surface area contributed by atoms with Crippen LogP contribution in [0.1, 0.15) is 5.56 Å². The van der Waals surface area contributed by atoms with Crippen LogP contribution in [0.2, 0.25) is 0 Å². The Balaban J connectivity index is 2.44. The van der Waals surface area contributed by atoms with Crippen molar-refractivity contribution in [2.24, 2.45) is 0 Å². The van der Waals surface area contributed by atoms with E-state index < -0.39 is 0 Å². The maximum atomic E-state index is 12.2. The summed E-state index contributed by atoms with van der Waals surface area (Å²) in [7, 11) is 3.05. The monoisotopic (exact) mass is 257 g/mol. The lowest BCUT2D eigenvalue weighted by Crippen LogP contribution is -2.02. The molecule has 2 aromatic carbocycles. The maximum Gasteiger partial charge on any atom is 0.262 e. The molecular weight excluding hydrogens is 242 g/mol. The van der Waals surface area contributed by atoms with Gasteiger partial charge in [0.1, 0.15) is 0 Å². The highest BCUT2D eigenvalue weighted by Crippen LogP contribution is 2.36. The third kappa shape index (κ3) is 2.85. The molecule has 19 heavy (non-hydrogen) atoms. The molecule has 0 aliphatic rings. The lowest BCUT2D eigenvalue weighted by molar-refractivity contribution is -0.355. The Morgan fingerprint density at radius 2 is 1.68 bits per heavy atom. The third-order valence-electron chi connectivity index (χ3n) is 2.69. The lowest BCUT2D eigenvalue weighted by atomic mass is 10.2. The first kappa shape index (κ1) is 13.0. The molecule has 0 N–H and O–H groups in total. The van der Waals surface area contributed by atoms with Gasteiger partial charge in [0.05, 0.1) is 14.2 Å². The fraction of sp³-hybridized carbons (Fsp3) is 0.133. The van der Waals surface area contributed by atoms with Gasteiger partial charge < -0.3 is 14.7 Å². The molecule has 2 aromatic rings. The van der Waals surface area contributed by atoms with Gasteiger partial charge in [-0.3, -0.25) is 0 Å². The van der Waals surface area contributed by atoms with Crippen LogP contribution < -0.4 is 9.47 Å². The second kappa shape index (κ2) is 5.91. The van der Waals surface area contributed by atoms with Gasteiger partial charge in [-0.1, -0.05) is 24.3 Å². The molecule has 4 nitrogen and oxygen atoms in total. The van der Waals surface area contributed by atoms with Gasteiger partial charge in [-0.05, 0) is 18.2 Å². The van der Waals surface area contributed by atoms with E-state index in [9.17, 15) is 5.21 Å². The minimum atomic E-state index is 0.408. The number of methoxy groups -OCH3 is 2. The highest BCUT2D eigenvalue weighted by Gasteiger charge is 2.15. The van der Waals surface area contributed by atoms with E-state index >= 15 is 0 Å². The zero-order chi connectivity index (χ0) is 13.7. The minimum absolute atomic E-state index is 0.408. The molecule has 0 heterocycles. The summed E-state index contributed by atoms with van der Waals surface area (Å²) in [5.41, 5.74) is 1.23.